The van der Waals surface area contributed by atoms with Gasteiger partial charge in [0.25, 0.3) is 0 Å². The lowest BCUT2D eigenvalue weighted by atomic mass is 9.73. The molecule has 59 heavy (non-hydrogen) atoms. The lowest BCUT2D eigenvalue weighted by Gasteiger charge is -2.38. The fraction of sp³-hybridized carbons (Fsp3) is 0.114. The third-order valence-electron chi connectivity index (χ3n) is 9.42. The Morgan fingerprint density at radius 3 is 1.73 bits per heavy atom. The summed E-state index contributed by atoms with van der Waals surface area (Å²) in [6.07, 6.45) is -11.7. The Kier molecular flexibility index (Phi) is 12.2. The smallest absolute Gasteiger partial charge is 0.411 e. The molecule has 0 amide bonds. The monoisotopic (exact) mass is 826 g/mol. The SMILES string of the molecule is Cc1ccc(-c2cccc(Oc3ccc(C(c4ccc(Oc5cccc(C)c5C#N)cc4)(C(F)(F)F)C(F)(F)F)cc3)c2C#N)cc1C(=O)c1cccc(SOOO)c1. The molecule has 0 aromatic heterocycles. The average Bonchev–Trinajstić information content (AvgIpc) is 3.20. The molecule has 0 unspecified atom stereocenters. The zero-order valence-electron chi connectivity index (χ0n) is 30.7. The molecular formula is C44H28F6N2O6S. The van der Waals surface area contributed by atoms with Crippen molar-refractivity contribution < 1.29 is 55.2 Å². The molecule has 6 aromatic carbocycles. The molecule has 6 aromatic rings. The number of benzene rings is 6. The van der Waals surface area contributed by atoms with E-state index in [4.69, 9.17) is 14.7 Å². The number of ether oxygens (including phenoxy) is 2. The van der Waals surface area contributed by atoms with Gasteiger partial charge in [-0.15, -0.1) is 4.33 Å². The Bertz CT molecular complexity index is 2590. The van der Waals surface area contributed by atoms with E-state index in [2.05, 4.69) is 9.37 Å². The molecule has 0 aliphatic heterocycles. The van der Waals surface area contributed by atoms with Gasteiger partial charge in [0.2, 0.25) is 5.41 Å². The van der Waals surface area contributed by atoms with E-state index in [0.29, 0.717) is 69.0 Å². The first-order chi connectivity index (χ1) is 28.1. The molecule has 0 saturated heterocycles. The second-order valence-electron chi connectivity index (χ2n) is 13.0. The van der Waals surface area contributed by atoms with Gasteiger partial charge in [-0.05, 0) is 96.3 Å². The summed E-state index contributed by atoms with van der Waals surface area (Å²) in [6, 6.07) is 31.0. The van der Waals surface area contributed by atoms with Gasteiger partial charge in [-0.1, -0.05) is 77.8 Å². The van der Waals surface area contributed by atoms with Crippen LogP contribution >= 0.6 is 12.0 Å². The van der Waals surface area contributed by atoms with Crippen LogP contribution in [0.25, 0.3) is 11.1 Å². The number of nitrogens with zero attached hydrogens (tertiary/aromatic N) is 2. The maximum Gasteiger partial charge on any atom is 0.411 e. The number of rotatable bonds is 12. The molecule has 0 aliphatic rings. The molecule has 0 heterocycles. The van der Waals surface area contributed by atoms with Crippen LogP contribution in [0.2, 0.25) is 0 Å². The minimum Gasteiger partial charge on any atom is -0.456 e. The van der Waals surface area contributed by atoms with Crippen LogP contribution in [0.3, 0.4) is 0 Å². The van der Waals surface area contributed by atoms with Crippen molar-refractivity contribution in [1.82, 2.24) is 0 Å². The Hall–Kier alpha value is -6.62. The Morgan fingerprint density at radius 1 is 0.644 bits per heavy atom. The molecule has 298 valence electrons. The molecule has 0 aliphatic carbocycles. The number of halogens is 6. The van der Waals surface area contributed by atoms with E-state index in [1.807, 2.05) is 12.1 Å². The summed E-state index contributed by atoms with van der Waals surface area (Å²) in [5, 5.41) is 31.8. The van der Waals surface area contributed by atoms with Crippen molar-refractivity contribution in [3.8, 4) is 46.3 Å². The normalized spacial score (nSPS) is 11.7. The molecule has 0 atom stereocenters. The van der Waals surface area contributed by atoms with Crippen molar-refractivity contribution in [2.45, 2.75) is 36.5 Å². The van der Waals surface area contributed by atoms with E-state index in [0.717, 1.165) is 24.3 Å². The van der Waals surface area contributed by atoms with Gasteiger partial charge in [0.1, 0.15) is 40.7 Å². The van der Waals surface area contributed by atoms with Crippen LogP contribution in [0.5, 0.6) is 23.0 Å². The van der Waals surface area contributed by atoms with Gasteiger partial charge >= 0.3 is 12.4 Å². The third-order valence-corrected chi connectivity index (χ3v) is 9.99. The maximum absolute atomic E-state index is 15.0. The molecule has 15 heteroatoms. The van der Waals surface area contributed by atoms with Gasteiger partial charge in [0, 0.05) is 21.6 Å². The van der Waals surface area contributed by atoms with Crippen molar-refractivity contribution in [2.75, 3.05) is 0 Å². The van der Waals surface area contributed by atoms with Gasteiger partial charge in [0.05, 0.1) is 17.6 Å². The number of carbonyl (C=O) groups excluding carboxylic acids is 1. The van der Waals surface area contributed by atoms with Crippen LogP contribution in [0.1, 0.15) is 49.3 Å². The molecule has 0 fully saturated rings. The first-order valence-corrected chi connectivity index (χ1v) is 18.0. The molecule has 0 radical (unpaired) electrons. The standard InChI is InChI=1S/C44H28F6N2O6S/c1-26-6-3-10-39(37(26)24-51)55-32-18-14-30(15-19-32)42(43(45,46)47,44(48,49)50)31-16-20-33(21-17-31)56-40-11-5-9-35(38(40)25-52)28-13-12-27(2)36(23-28)41(53)29-7-4-8-34(22-29)59-58-57-54/h3-23,54H,1-2H3. The Labute approximate surface area is 337 Å². The molecular weight excluding hydrogens is 799 g/mol. The predicted octanol–water partition coefficient (Wildman–Crippen LogP) is 12.4. The van der Waals surface area contributed by atoms with Crippen molar-refractivity contribution >= 4 is 17.8 Å². The van der Waals surface area contributed by atoms with Crippen LogP contribution in [-0.2, 0) is 14.8 Å². The fourth-order valence-electron chi connectivity index (χ4n) is 6.56. The molecule has 0 saturated carbocycles. The van der Waals surface area contributed by atoms with Crippen LogP contribution in [-0.4, -0.2) is 23.4 Å². The summed E-state index contributed by atoms with van der Waals surface area (Å²) >= 11 is 0.677. The highest BCUT2D eigenvalue weighted by molar-refractivity contribution is 7.94. The number of ketones is 1. The van der Waals surface area contributed by atoms with E-state index >= 15 is 0 Å². The minimum atomic E-state index is -5.87. The van der Waals surface area contributed by atoms with Gasteiger partial charge in [0.15, 0.2) is 5.78 Å². The second-order valence-corrected chi connectivity index (χ2v) is 13.7. The summed E-state index contributed by atoms with van der Waals surface area (Å²) in [4.78, 5) is 14.0. The fourth-order valence-corrected chi connectivity index (χ4v) is 6.97. The first-order valence-electron chi connectivity index (χ1n) is 17.3. The number of aryl methyl sites for hydroxylation is 2. The molecule has 6 rings (SSSR count). The zero-order valence-corrected chi connectivity index (χ0v) is 31.5. The van der Waals surface area contributed by atoms with Crippen LogP contribution in [0.15, 0.2) is 132 Å². The number of hydrogen-bond donors (Lipinski definition) is 1. The van der Waals surface area contributed by atoms with E-state index < -0.39 is 28.9 Å². The van der Waals surface area contributed by atoms with Crippen molar-refractivity contribution in [3.63, 3.8) is 0 Å². The first kappa shape index (κ1) is 42.0. The quantitative estimate of drug-likeness (QED) is 0.0422. The Morgan fingerprint density at radius 2 is 1.19 bits per heavy atom. The number of alkyl halides is 6. The predicted molar refractivity (Wildman–Crippen MR) is 204 cm³/mol. The van der Waals surface area contributed by atoms with Gasteiger partial charge in [-0.2, -0.15) is 36.9 Å². The molecule has 8 nitrogen and oxygen atoms in total. The van der Waals surface area contributed by atoms with Gasteiger partial charge in [-0.3, -0.25) is 4.79 Å². The summed E-state index contributed by atoms with van der Waals surface area (Å²) in [5.41, 5.74) is -4.06. The van der Waals surface area contributed by atoms with Crippen molar-refractivity contribution in [1.29, 1.82) is 10.5 Å². The highest BCUT2D eigenvalue weighted by atomic mass is 32.2. The third kappa shape index (κ3) is 8.37. The number of hydrogen-bond acceptors (Lipinski definition) is 9. The number of nitriles is 2. The zero-order chi connectivity index (χ0) is 42.5. The second kappa shape index (κ2) is 17.1. The molecule has 0 bridgehead atoms. The summed E-state index contributed by atoms with van der Waals surface area (Å²) < 4.78 is 106. The lowest BCUT2D eigenvalue weighted by Crippen LogP contribution is -2.54. The van der Waals surface area contributed by atoms with Crippen molar-refractivity contribution in [2.24, 2.45) is 0 Å². The molecule has 0 spiro atoms. The van der Waals surface area contributed by atoms with E-state index in [1.165, 1.54) is 24.3 Å². The van der Waals surface area contributed by atoms with Crippen LogP contribution < -0.4 is 9.47 Å². The van der Waals surface area contributed by atoms with E-state index in [1.54, 1.807) is 68.4 Å². The minimum absolute atomic E-state index is 0.0202. The van der Waals surface area contributed by atoms with E-state index in [9.17, 15) is 41.7 Å². The van der Waals surface area contributed by atoms with Crippen LogP contribution in [0.4, 0.5) is 26.3 Å². The summed E-state index contributed by atoms with van der Waals surface area (Å²) in [5.74, 6) is -0.588. The topological polar surface area (TPSA) is 122 Å². The lowest BCUT2D eigenvalue weighted by molar-refractivity contribution is -0.432. The largest absolute Gasteiger partial charge is 0.456 e. The van der Waals surface area contributed by atoms with Crippen LogP contribution in [0, 0.1) is 36.5 Å². The van der Waals surface area contributed by atoms with E-state index in [-0.39, 0.29) is 45.5 Å². The summed E-state index contributed by atoms with van der Waals surface area (Å²) in [6.45, 7) is 3.37. The van der Waals surface area contributed by atoms with Gasteiger partial charge < -0.3 is 9.47 Å². The highest BCUT2D eigenvalue weighted by Gasteiger charge is 2.72. The molecule has 1 N–H and O–H groups in total. The van der Waals surface area contributed by atoms with Gasteiger partial charge in [-0.25, -0.2) is 5.26 Å². The maximum atomic E-state index is 15.0. The van der Waals surface area contributed by atoms with Crippen molar-refractivity contribution in [3.05, 3.63) is 172 Å². The highest BCUT2D eigenvalue weighted by Crippen LogP contribution is 2.56. The average molecular weight is 827 g/mol. The summed E-state index contributed by atoms with van der Waals surface area (Å²) in [7, 11) is 0. The Balaban J connectivity index is 1.31. The number of carbonyl (C=O) groups is 1.